The molecule has 1 heterocycles. The predicted octanol–water partition coefficient (Wildman–Crippen LogP) is 3.14. The van der Waals surface area contributed by atoms with Crippen molar-refractivity contribution in [3.8, 4) is 17.2 Å². The van der Waals surface area contributed by atoms with Crippen LogP contribution in [0.1, 0.15) is 12.5 Å². The number of guanidine groups is 1. The van der Waals surface area contributed by atoms with E-state index in [0.717, 1.165) is 49.9 Å². The van der Waals surface area contributed by atoms with Gasteiger partial charge < -0.3 is 29.3 Å². The van der Waals surface area contributed by atoms with Crippen LogP contribution in [-0.4, -0.2) is 64.9 Å². The molecule has 1 aliphatic rings. The summed E-state index contributed by atoms with van der Waals surface area (Å²) < 4.78 is 29.5. The van der Waals surface area contributed by atoms with Gasteiger partial charge in [-0.1, -0.05) is 0 Å². The highest BCUT2D eigenvalue weighted by Crippen LogP contribution is 2.38. The molecule has 0 amide bonds. The van der Waals surface area contributed by atoms with E-state index in [9.17, 15) is 4.39 Å². The molecule has 0 saturated carbocycles. The number of hydrogen-bond acceptors (Lipinski definition) is 5. The van der Waals surface area contributed by atoms with Crippen LogP contribution < -0.4 is 24.4 Å². The fourth-order valence-electron chi connectivity index (χ4n) is 3.65. The summed E-state index contributed by atoms with van der Waals surface area (Å²) in [6, 6.07) is 10.5. The molecule has 1 N–H and O–H groups in total. The van der Waals surface area contributed by atoms with E-state index in [1.54, 1.807) is 21.3 Å². The number of nitrogens with one attached hydrogen (secondary N) is 1. The summed E-state index contributed by atoms with van der Waals surface area (Å²) in [4.78, 5) is 9.35. The summed E-state index contributed by atoms with van der Waals surface area (Å²) in [7, 11) is 4.80. The SMILES string of the molecule is CCNC(=NCc1cc(OC)c(OC)c(OC)c1)N1CCN(c2ccc(F)cc2)CC1. The number of ether oxygens (including phenoxy) is 3. The Labute approximate surface area is 183 Å². The van der Waals surface area contributed by atoms with Crippen molar-refractivity contribution in [2.75, 3.05) is 59.0 Å². The van der Waals surface area contributed by atoms with Gasteiger partial charge in [0.25, 0.3) is 0 Å². The summed E-state index contributed by atoms with van der Waals surface area (Å²) in [5.74, 6) is 2.46. The monoisotopic (exact) mass is 430 g/mol. The van der Waals surface area contributed by atoms with Crippen molar-refractivity contribution >= 4 is 11.6 Å². The molecule has 0 atom stereocenters. The van der Waals surface area contributed by atoms with Crippen molar-refractivity contribution in [2.24, 2.45) is 4.99 Å². The van der Waals surface area contributed by atoms with Crippen LogP contribution in [0.4, 0.5) is 10.1 Å². The van der Waals surface area contributed by atoms with Gasteiger partial charge in [-0.25, -0.2) is 9.38 Å². The van der Waals surface area contributed by atoms with Crippen LogP contribution in [0.3, 0.4) is 0 Å². The van der Waals surface area contributed by atoms with Crippen molar-refractivity contribution in [1.82, 2.24) is 10.2 Å². The molecule has 31 heavy (non-hydrogen) atoms. The van der Waals surface area contributed by atoms with Crippen LogP contribution in [0, 0.1) is 5.82 Å². The second-order valence-electron chi connectivity index (χ2n) is 7.15. The Morgan fingerprint density at radius 3 is 2.10 bits per heavy atom. The average molecular weight is 431 g/mol. The topological polar surface area (TPSA) is 58.6 Å². The number of halogens is 1. The van der Waals surface area contributed by atoms with E-state index in [-0.39, 0.29) is 5.82 Å². The van der Waals surface area contributed by atoms with Gasteiger partial charge in [0.15, 0.2) is 17.5 Å². The molecule has 0 radical (unpaired) electrons. The maximum absolute atomic E-state index is 13.2. The molecule has 0 aromatic heterocycles. The number of nitrogens with zero attached hydrogens (tertiary/aromatic N) is 3. The van der Waals surface area contributed by atoms with Gasteiger partial charge in [0.1, 0.15) is 5.82 Å². The summed E-state index contributed by atoms with van der Waals surface area (Å²) in [5.41, 5.74) is 2.01. The molecule has 0 unspecified atom stereocenters. The van der Waals surface area contributed by atoms with Crippen LogP contribution in [0.25, 0.3) is 0 Å². The first-order chi connectivity index (χ1) is 15.1. The number of piperazine rings is 1. The Balaban J connectivity index is 1.70. The molecule has 2 aromatic rings. The van der Waals surface area contributed by atoms with Crippen molar-refractivity contribution in [3.63, 3.8) is 0 Å². The molecule has 0 bridgehead atoms. The lowest BCUT2D eigenvalue weighted by Gasteiger charge is -2.37. The molecule has 1 fully saturated rings. The van der Waals surface area contributed by atoms with Gasteiger partial charge in [-0.15, -0.1) is 0 Å². The van der Waals surface area contributed by atoms with Crippen LogP contribution in [0.5, 0.6) is 17.2 Å². The maximum atomic E-state index is 13.2. The molecular formula is C23H31FN4O3. The second-order valence-corrected chi connectivity index (χ2v) is 7.15. The zero-order valence-electron chi connectivity index (χ0n) is 18.7. The van der Waals surface area contributed by atoms with Gasteiger partial charge >= 0.3 is 0 Å². The van der Waals surface area contributed by atoms with Gasteiger partial charge in [-0.2, -0.15) is 0 Å². The van der Waals surface area contributed by atoms with Crippen LogP contribution in [-0.2, 0) is 6.54 Å². The molecule has 1 aliphatic heterocycles. The molecule has 3 rings (SSSR count). The Kier molecular flexibility index (Phi) is 7.81. The molecule has 168 valence electrons. The quantitative estimate of drug-likeness (QED) is 0.538. The Morgan fingerprint density at radius 2 is 1.58 bits per heavy atom. The Morgan fingerprint density at radius 1 is 0.968 bits per heavy atom. The molecule has 1 saturated heterocycles. The largest absolute Gasteiger partial charge is 0.493 e. The third-order valence-electron chi connectivity index (χ3n) is 5.24. The average Bonchev–Trinajstić information content (AvgIpc) is 2.81. The zero-order chi connectivity index (χ0) is 22.2. The second kappa shape index (κ2) is 10.7. The lowest BCUT2D eigenvalue weighted by Crippen LogP contribution is -2.52. The Bertz CT molecular complexity index is 856. The fraction of sp³-hybridized carbons (Fsp3) is 0.435. The first kappa shape index (κ1) is 22.5. The van der Waals surface area contributed by atoms with E-state index >= 15 is 0 Å². The van der Waals surface area contributed by atoms with Gasteiger partial charge in [0.2, 0.25) is 5.75 Å². The lowest BCUT2D eigenvalue weighted by atomic mass is 10.2. The van der Waals surface area contributed by atoms with Crippen LogP contribution >= 0.6 is 0 Å². The summed E-state index contributed by atoms with van der Waals surface area (Å²) in [6.45, 7) is 6.69. The highest BCUT2D eigenvalue weighted by molar-refractivity contribution is 5.80. The van der Waals surface area contributed by atoms with Crippen LogP contribution in [0.2, 0.25) is 0 Å². The first-order valence-electron chi connectivity index (χ1n) is 10.4. The van der Waals surface area contributed by atoms with Crippen molar-refractivity contribution in [1.29, 1.82) is 0 Å². The minimum Gasteiger partial charge on any atom is -0.493 e. The number of benzene rings is 2. The molecular weight excluding hydrogens is 399 g/mol. The number of hydrogen-bond donors (Lipinski definition) is 1. The molecule has 8 heteroatoms. The lowest BCUT2D eigenvalue weighted by molar-refractivity contribution is 0.324. The van der Waals surface area contributed by atoms with Crippen LogP contribution in [0.15, 0.2) is 41.4 Å². The van der Waals surface area contributed by atoms with Gasteiger partial charge in [0, 0.05) is 38.4 Å². The van der Waals surface area contributed by atoms with E-state index in [1.807, 2.05) is 24.3 Å². The van der Waals surface area contributed by atoms with Crippen molar-refractivity contribution < 1.29 is 18.6 Å². The van der Waals surface area contributed by atoms with E-state index < -0.39 is 0 Å². The zero-order valence-corrected chi connectivity index (χ0v) is 18.7. The Hall–Kier alpha value is -3.16. The van der Waals surface area contributed by atoms with E-state index in [1.165, 1.54) is 12.1 Å². The minimum absolute atomic E-state index is 0.212. The summed E-state index contributed by atoms with van der Waals surface area (Å²) >= 11 is 0. The smallest absolute Gasteiger partial charge is 0.203 e. The number of anilines is 1. The summed E-state index contributed by atoms with van der Waals surface area (Å²) in [5, 5.41) is 3.39. The first-order valence-corrected chi connectivity index (χ1v) is 10.4. The third kappa shape index (κ3) is 5.51. The van der Waals surface area contributed by atoms with Crippen molar-refractivity contribution in [3.05, 3.63) is 47.8 Å². The standard InChI is InChI=1S/C23H31FN4O3/c1-5-25-23(26-16-17-14-20(29-2)22(31-4)21(15-17)30-3)28-12-10-27(11-13-28)19-8-6-18(24)7-9-19/h6-9,14-15H,5,10-13,16H2,1-4H3,(H,25,26). The number of aliphatic imine (C=N–C) groups is 1. The minimum atomic E-state index is -0.212. The molecule has 0 aliphatic carbocycles. The van der Waals surface area contributed by atoms with E-state index in [4.69, 9.17) is 19.2 Å². The van der Waals surface area contributed by atoms with Gasteiger partial charge in [-0.05, 0) is 48.9 Å². The highest BCUT2D eigenvalue weighted by atomic mass is 19.1. The predicted molar refractivity (Wildman–Crippen MR) is 121 cm³/mol. The van der Waals surface area contributed by atoms with E-state index in [0.29, 0.717) is 23.8 Å². The van der Waals surface area contributed by atoms with Gasteiger partial charge in [0.05, 0.1) is 27.9 Å². The van der Waals surface area contributed by atoms with Gasteiger partial charge in [-0.3, -0.25) is 0 Å². The fourth-order valence-corrected chi connectivity index (χ4v) is 3.65. The van der Waals surface area contributed by atoms with Crippen molar-refractivity contribution in [2.45, 2.75) is 13.5 Å². The summed E-state index contributed by atoms with van der Waals surface area (Å²) in [6.07, 6.45) is 0. The highest BCUT2D eigenvalue weighted by Gasteiger charge is 2.20. The molecule has 2 aromatic carbocycles. The maximum Gasteiger partial charge on any atom is 0.203 e. The number of rotatable bonds is 7. The molecule has 0 spiro atoms. The number of methoxy groups -OCH3 is 3. The molecule has 7 nitrogen and oxygen atoms in total. The normalized spacial score (nSPS) is 14.4. The third-order valence-corrected chi connectivity index (χ3v) is 5.24. The van der Waals surface area contributed by atoms with E-state index in [2.05, 4.69) is 22.0 Å².